The van der Waals surface area contributed by atoms with E-state index in [9.17, 15) is 13.6 Å². The highest BCUT2D eigenvalue weighted by Crippen LogP contribution is 2.30. The normalized spacial score (nSPS) is 18.6. The molecule has 5 nitrogen and oxygen atoms in total. The lowest BCUT2D eigenvalue weighted by Crippen LogP contribution is -2.42. The smallest absolute Gasteiger partial charge is 0.318 e. The number of urea groups is 1. The molecule has 2 amide bonds. The van der Waals surface area contributed by atoms with Crippen molar-refractivity contribution in [2.75, 3.05) is 40.8 Å². The molecule has 0 aliphatic carbocycles. The van der Waals surface area contributed by atoms with Crippen molar-refractivity contribution in [1.29, 1.82) is 0 Å². The molecule has 7 heteroatoms. The standard InChI is InChI=1S/C19H20F2N2O.C6H13N.CH4O/c1-4-5-6-7-13(2)18-10-14(12-23(18)19(24)22-3)16-11-15(20)8-9-17(16)21;1-7-5-3-2-4-6-7;1-2/h4-11,18H,1,12H2,2-3H3,(H,22,24);2-6H2,1H3;2H,1H3/b6-5-,13-7+;;/t18-;;/m0../s1. The van der Waals surface area contributed by atoms with E-state index in [1.807, 2.05) is 19.1 Å². The molecule has 1 aromatic carbocycles. The molecule has 0 saturated carbocycles. The van der Waals surface area contributed by atoms with E-state index in [1.165, 1.54) is 39.4 Å². The van der Waals surface area contributed by atoms with Gasteiger partial charge in [-0.2, -0.15) is 0 Å². The van der Waals surface area contributed by atoms with Crippen LogP contribution in [0.2, 0.25) is 0 Å². The van der Waals surface area contributed by atoms with Crippen molar-refractivity contribution in [3.63, 3.8) is 0 Å². The molecule has 1 aromatic rings. The summed E-state index contributed by atoms with van der Waals surface area (Å²) in [4.78, 5) is 16.1. The Morgan fingerprint density at radius 2 is 1.85 bits per heavy atom. The maximum atomic E-state index is 14.0. The van der Waals surface area contributed by atoms with E-state index in [0.717, 1.165) is 30.9 Å². The summed E-state index contributed by atoms with van der Waals surface area (Å²) in [7, 11) is 4.73. The van der Waals surface area contributed by atoms with E-state index < -0.39 is 11.6 Å². The SMILES string of the molecule is C=C/C=C\C=C(/C)[C@@H]1C=C(c2cc(F)ccc2F)CN1C(=O)NC.CN1CCCCC1.CO. The summed E-state index contributed by atoms with van der Waals surface area (Å²) in [6, 6.07) is 2.73. The summed E-state index contributed by atoms with van der Waals surface area (Å²) in [6.07, 6.45) is 13.2. The first kappa shape index (κ1) is 28.3. The number of piperidine rings is 1. The van der Waals surface area contributed by atoms with Crippen LogP contribution < -0.4 is 5.32 Å². The van der Waals surface area contributed by atoms with Crippen LogP contribution in [0.1, 0.15) is 31.7 Å². The van der Waals surface area contributed by atoms with Gasteiger partial charge in [-0.25, -0.2) is 13.6 Å². The van der Waals surface area contributed by atoms with E-state index in [4.69, 9.17) is 5.11 Å². The van der Waals surface area contributed by atoms with E-state index >= 15 is 0 Å². The number of likely N-dealkylation sites (tertiary alicyclic amines) is 1. The number of aliphatic hydroxyl groups excluding tert-OH is 1. The Bertz CT molecular complexity index is 859. The molecule has 2 N–H and O–H groups in total. The molecular formula is C26H37F2N3O2. The molecule has 2 aliphatic heterocycles. The first-order valence-electron chi connectivity index (χ1n) is 11.1. The van der Waals surface area contributed by atoms with E-state index in [0.29, 0.717) is 5.57 Å². The van der Waals surface area contributed by atoms with Gasteiger partial charge in [-0.05, 0) is 69.2 Å². The molecule has 0 unspecified atom stereocenters. The lowest BCUT2D eigenvalue weighted by molar-refractivity contribution is 0.204. The molecule has 33 heavy (non-hydrogen) atoms. The Hall–Kier alpha value is -2.77. The van der Waals surface area contributed by atoms with Crippen LogP contribution in [-0.4, -0.2) is 67.8 Å². The number of nitrogens with one attached hydrogen (secondary N) is 1. The van der Waals surface area contributed by atoms with Crippen LogP contribution in [0.5, 0.6) is 0 Å². The second kappa shape index (κ2) is 15.1. The molecule has 3 rings (SSSR count). The minimum Gasteiger partial charge on any atom is -0.400 e. The van der Waals surface area contributed by atoms with Gasteiger partial charge in [0.2, 0.25) is 0 Å². The number of carbonyl (C=O) groups excluding carboxylic acids is 1. The van der Waals surface area contributed by atoms with Gasteiger partial charge < -0.3 is 20.2 Å². The number of hydrogen-bond donors (Lipinski definition) is 2. The quantitative estimate of drug-likeness (QED) is 0.635. The van der Waals surface area contributed by atoms with Crippen LogP contribution in [0, 0.1) is 11.6 Å². The van der Waals surface area contributed by atoms with Crippen LogP contribution in [0.4, 0.5) is 13.6 Å². The van der Waals surface area contributed by atoms with Gasteiger partial charge in [0.1, 0.15) is 11.6 Å². The molecule has 182 valence electrons. The Labute approximate surface area is 196 Å². The maximum Gasteiger partial charge on any atom is 0.318 e. The van der Waals surface area contributed by atoms with Gasteiger partial charge >= 0.3 is 6.03 Å². The van der Waals surface area contributed by atoms with Gasteiger partial charge in [0.25, 0.3) is 0 Å². The number of nitrogens with zero attached hydrogens (tertiary/aromatic N) is 2. The van der Waals surface area contributed by atoms with Crippen LogP contribution in [-0.2, 0) is 0 Å². The molecule has 1 fully saturated rings. The zero-order valence-corrected chi connectivity index (χ0v) is 20.2. The molecule has 0 bridgehead atoms. The Kier molecular flexibility index (Phi) is 13.0. The summed E-state index contributed by atoms with van der Waals surface area (Å²) < 4.78 is 27.5. The van der Waals surface area contributed by atoms with Crippen molar-refractivity contribution in [3.8, 4) is 0 Å². The predicted octanol–water partition coefficient (Wildman–Crippen LogP) is 4.77. The summed E-state index contributed by atoms with van der Waals surface area (Å²) in [5.41, 5.74) is 1.67. The number of rotatable bonds is 4. The zero-order chi connectivity index (χ0) is 24.8. The molecule has 0 radical (unpaired) electrons. The molecule has 0 spiro atoms. The molecule has 2 heterocycles. The van der Waals surface area contributed by atoms with Crippen molar-refractivity contribution in [2.45, 2.75) is 32.2 Å². The van der Waals surface area contributed by atoms with Gasteiger partial charge in [-0.3, -0.25) is 0 Å². The molecule has 0 aromatic heterocycles. The van der Waals surface area contributed by atoms with Crippen molar-refractivity contribution in [3.05, 3.63) is 77.9 Å². The van der Waals surface area contributed by atoms with Gasteiger partial charge in [0.05, 0.1) is 6.04 Å². The minimum atomic E-state index is -0.511. The van der Waals surface area contributed by atoms with Crippen molar-refractivity contribution >= 4 is 11.6 Å². The third kappa shape index (κ3) is 8.94. The first-order chi connectivity index (χ1) is 15.9. The van der Waals surface area contributed by atoms with E-state index in [1.54, 1.807) is 23.1 Å². The topological polar surface area (TPSA) is 55.8 Å². The fourth-order valence-electron chi connectivity index (χ4n) is 3.69. The largest absolute Gasteiger partial charge is 0.400 e. The zero-order valence-electron chi connectivity index (χ0n) is 20.2. The Balaban J connectivity index is 0.000000508. The van der Waals surface area contributed by atoms with Gasteiger partial charge in [0.15, 0.2) is 0 Å². The average molecular weight is 462 g/mol. The average Bonchev–Trinajstić information content (AvgIpc) is 3.28. The lowest BCUT2D eigenvalue weighted by Gasteiger charge is -2.25. The lowest BCUT2D eigenvalue weighted by atomic mass is 10.0. The molecular weight excluding hydrogens is 424 g/mol. The highest BCUT2D eigenvalue weighted by Gasteiger charge is 2.31. The second-order valence-corrected chi connectivity index (χ2v) is 7.84. The van der Waals surface area contributed by atoms with E-state index in [2.05, 4.69) is 23.8 Å². The number of halogens is 2. The monoisotopic (exact) mass is 461 g/mol. The Morgan fingerprint density at radius 1 is 1.18 bits per heavy atom. The maximum absolute atomic E-state index is 14.0. The number of aliphatic hydroxyl groups is 1. The first-order valence-corrected chi connectivity index (χ1v) is 11.1. The summed E-state index contributed by atoms with van der Waals surface area (Å²) in [5, 5.41) is 9.58. The Morgan fingerprint density at radius 3 is 2.39 bits per heavy atom. The van der Waals surface area contributed by atoms with Gasteiger partial charge in [-0.15, -0.1) is 0 Å². The van der Waals surface area contributed by atoms with Gasteiger partial charge in [0, 0.05) is 26.3 Å². The number of carbonyl (C=O) groups is 1. The number of hydrogen-bond acceptors (Lipinski definition) is 3. The number of benzene rings is 1. The van der Waals surface area contributed by atoms with Gasteiger partial charge in [-0.1, -0.05) is 43.4 Å². The summed E-state index contributed by atoms with van der Waals surface area (Å²) >= 11 is 0. The second-order valence-electron chi connectivity index (χ2n) is 7.84. The minimum absolute atomic E-state index is 0.181. The van der Waals surface area contributed by atoms with Crippen LogP contribution in [0.3, 0.4) is 0 Å². The van der Waals surface area contributed by atoms with Crippen LogP contribution in [0.25, 0.3) is 5.57 Å². The van der Waals surface area contributed by atoms with Crippen LogP contribution >= 0.6 is 0 Å². The highest BCUT2D eigenvalue weighted by atomic mass is 19.1. The molecule has 1 atom stereocenters. The van der Waals surface area contributed by atoms with Crippen molar-refractivity contribution < 1.29 is 18.7 Å². The molecule has 1 saturated heterocycles. The third-order valence-corrected chi connectivity index (χ3v) is 5.44. The summed E-state index contributed by atoms with van der Waals surface area (Å²) in [5.74, 6) is -1.02. The van der Waals surface area contributed by atoms with Crippen molar-refractivity contribution in [1.82, 2.24) is 15.1 Å². The van der Waals surface area contributed by atoms with Crippen LogP contribution in [0.15, 0.2) is 60.7 Å². The fraction of sp³-hybridized carbons (Fsp3) is 0.423. The van der Waals surface area contributed by atoms with E-state index in [-0.39, 0.29) is 24.2 Å². The fourth-order valence-corrected chi connectivity index (χ4v) is 3.69. The third-order valence-electron chi connectivity index (χ3n) is 5.44. The molecule has 2 aliphatic rings. The highest BCUT2D eigenvalue weighted by molar-refractivity contribution is 5.82. The summed E-state index contributed by atoms with van der Waals surface area (Å²) in [6.45, 7) is 8.33. The number of allylic oxidation sites excluding steroid dienone is 4. The number of amides is 2. The van der Waals surface area contributed by atoms with Crippen molar-refractivity contribution in [2.24, 2.45) is 0 Å². The predicted molar refractivity (Wildman–Crippen MR) is 132 cm³/mol.